The van der Waals surface area contributed by atoms with Gasteiger partial charge >= 0.3 is 0 Å². The smallest absolute Gasteiger partial charge is 0.251 e. The topological polar surface area (TPSA) is 48.0 Å². The van der Waals surface area contributed by atoms with Crippen LogP contribution in [-0.2, 0) is 6.54 Å². The van der Waals surface area contributed by atoms with Crippen LogP contribution in [0.15, 0.2) is 41.2 Å². The van der Waals surface area contributed by atoms with E-state index in [4.69, 9.17) is 5.73 Å². The molecule has 1 aromatic carbocycles. The van der Waals surface area contributed by atoms with Crippen LogP contribution in [0.3, 0.4) is 0 Å². The zero-order valence-corrected chi connectivity index (χ0v) is 9.48. The number of hydrogen-bond donors (Lipinski definition) is 1. The minimum atomic E-state index is -0.389. The zero-order valence-electron chi connectivity index (χ0n) is 9.48. The lowest BCUT2D eigenvalue weighted by Crippen LogP contribution is -2.22. The van der Waals surface area contributed by atoms with Crippen LogP contribution in [0.4, 0.5) is 10.1 Å². The summed E-state index contributed by atoms with van der Waals surface area (Å²) in [5.74, 6) is -0.389. The summed E-state index contributed by atoms with van der Waals surface area (Å²) in [6.07, 6.45) is 0. The van der Waals surface area contributed by atoms with E-state index in [0.29, 0.717) is 11.3 Å². The molecule has 0 atom stereocenters. The predicted octanol–water partition coefficient (Wildman–Crippen LogP) is 1.93. The molecule has 2 aromatic rings. The molecule has 2 N–H and O–H groups in total. The third kappa shape index (κ3) is 2.20. The van der Waals surface area contributed by atoms with Crippen LogP contribution >= 0.6 is 0 Å². The van der Waals surface area contributed by atoms with Gasteiger partial charge in [-0.15, -0.1) is 0 Å². The highest BCUT2D eigenvalue weighted by Crippen LogP contribution is 2.16. The highest BCUT2D eigenvalue weighted by Gasteiger charge is 2.08. The van der Waals surface area contributed by atoms with Gasteiger partial charge in [-0.25, -0.2) is 4.39 Å². The number of halogens is 1. The maximum atomic E-state index is 13.6. The molecule has 0 saturated heterocycles. The molecule has 0 radical (unpaired) electrons. The van der Waals surface area contributed by atoms with Crippen molar-refractivity contribution in [2.45, 2.75) is 13.5 Å². The summed E-state index contributed by atoms with van der Waals surface area (Å²) in [5, 5.41) is 0. The van der Waals surface area contributed by atoms with Crippen LogP contribution in [-0.4, -0.2) is 4.57 Å². The molecule has 0 fully saturated rings. The summed E-state index contributed by atoms with van der Waals surface area (Å²) in [6, 6.07) is 9.45. The van der Waals surface area contributed by atoms with Crippen molar-refractivity contribution >= 4 is 5.69 Å². The van der Waals surface area contributed by atoms with Gasteiger partial charge in [0.2, 0.25) is 0 Å². The van der Waals surface area contributed by atoms with Gasteiger partial charge in [0.1, 0.15) is 5.82 Å². The third-order valence-corrected chi connectivity index (χ3v) is 2.74. The zero-order chi connectivity index (χ0) is 12.4. The lowest BCUT2D eigenvalue weighted by Gasteiger charge is -2.11. The van der Waals surface area contributed by atoms with E-state index >= 15 is 0 Å². The lowest BCUT2D eigenvalue weighted by molar-refractivity contribution is 0.594. The molecule has 3 nitrogen and oxygen atoms in total. The van der Waals surface area contributed by atoms with E-state index in [1.165, 1.54) is 16.7 Å². The summed E-state index contributed by atoms with van der Waals surface area (Å²) in [6.45, 7) is 1.96. The maximum Gasteiger partial charge on any atom is 0.251 e. The van der Waals surface area contributed by atoms with Gasteiger partial charge in [0, 0.05) is 23.0 Å². The number of nitrogens with two attached hydrogens (primary N) is 1. The fourth-order valence-electron chi connectivity index (χ4n) is 1.73. The molecule has 1 aromatic heterocycles. The Morgan fingerprint density at radius 3 is 2.59 bits per heavy atom. The average molecular weight is 232 g/mol. The molecule has 1 heterocycles. The second-order valence-corrected chi connectivity index (χ2v) is 3.90. The first-order valence-corrected chi connectivity index (χ1v) is 5.29. The number of aryl methyl sites for hydroxylation is 1. The molecule has 0 aliphatic rings. The molecule has 0 bridgehead atoms. The molecule has 0 aliphatic carbocycles. The molecule has 88 valence electrons. The SMILES string of the molecule is Cc1cccc(=O)n1Cc1c(N)cccc1F. The summed E-state index contributed by atoms with van der Waals surface area (Å²) in [5.41, 5.74) is 7.04. The van der Waals surface area contributed by atoms with Crippen molar-refractivity contribution in [3.05, 3.63) is 63.8 Å². The van der Waals surface area contributed by atoms with Crippen molar-refractivity contribution < 1.29 is 4.39 Å². The average Bonchev–Trinajstić information content (AvgIpc) is 2.27. The van der Waals surface area contributed by atoms with Gasteiger partial charge in [0.05, 0.1) is 6.54 Å². The number of nitrogen functional groups attached to an aromatic ring is 1. The largest absolute Gasteiger partial charge is 0.398 e. The fraction of sp³-hybridized carbons (Fsp3) is 0.154. The fourth-order valence-corrected chi connectivity index (χ4v) is 1.73. The van der Waals surface area contributed by atoms with Crippen LogP contribution in [0.1, 0.15) is 11.3 Å². The van der Waals surface area contributed by atoms with Crippen molar-refractivity contribution in [2.75, 3.05) is 5.73 Å². The summed E-state index contributed by atoms with van der Waals surface area (Å²) < 4.78 is 15.1. The van der Waals surface area contributed by atoms with Crippen LogP contribution in [0, 0.1) is 12.7 Å². The predicted molar refractivity (Wildman–Crippen MR) is 65.4 cm³/mol. The Balaban J connectivity index is 2.49. The Morgan fingerprint density at radius 2 is 1.94 bits per heavy atom. The van der Waals surface area contributed by atoms with Gasteiger partial charge in [0.25, 0.3) is 5.56 Å². The number of benzene rings is 1. The Hall–Kier alpha value is -2.10. The Bertz CT molecular complexity index is 584. The van der Waals surface area contributed by atoms with Crippen molar-refractivity contribution in [3.8, 4) is 0 Å². The Labute approximate surface area is 98.3 Å². The first-order valence-electron chi connectivity index (χ1n) is 5.29. The van der Waals surface area contributed by atoms with E-state index in [2.05, 4.69) is 0 Å². The van der Waals surface area contributed by atoms with Crippen LogP contribution in [0.25, 0.3) is 0 Å². The number of nitrogens with zero attached hydrogens (tertiary/aromatic N) is 1. The molecular weight excluding hydrogens is 219 g/mol. The molecule has 4 heteroatoms. The summed E-state index contributed by atoms with van der Waals surface area (Å²) >= 11 is 0. The first kappa shape index (κ1) is 11.4. The van der Waals surface area contributed by atoms with Crippen LogP contribution in [0.5, 0.6) is 0 Å². The van der Waals surface area contributed by atoms with Crippen molar-refractivity contribution in [3.63, 3.8) is 0 Å². The van der Waals surface area contributed by atoms with E-state index < -0.39 is 0 Å². The molecule has 0 unspecified atom stereocenters. The van der Waals surface area contributed by atoms with E-state index in [9.17, 15) is 9.18 Å². The van der Waals surface area contributed by atoms with Gasteiger partial charge in [-0.2, -0.15) is 0 Å². The van der Waals surface area contributed by atoms with Gasteiger partial charge in [-0.05, 0) is 25.1 Å². The minimum Gasteiger partial charge on any atom is -0.398 e. The quantitative estimate of drug-likeness (QED) is 0.804. The number of anilines is 1. The second kappa shape index (κ2) is 4.41. The number of rotatable bonds is 2. The Morgan fingerprint density at radius 1 is 1.24 bits per heavy atom. The minimum absolute atomic E-state index is 0.157. The third-order valence-electron chi connectivity index (χ3n) is 2.74. The molecule has 0 aliphatic heterocycles. The van der Waals surface area contributed by atoms with E-state index in [1.54, 1.807) is 31.2 Å². The normalized spacial score (nSPS) is 10.5. The van der Waals surface area contributed by atoms with Gasteiger partial charge in [-0.3, -0.25) is 4.79 Å². The van der Waals surface area contributed by atoms with Gasteiger partial charge < -0.3 is 10.3 Å². The first-order chi connectivity index (χ1) is 8.09. The standard InChI is InChI=1S/C13H13FN2O/c1-9-4-2-7-13(17)16(9)8-10-11(14)5-3-6-12(10)15/h2-7H,8,15H2,1H3. The summed E-state index contributed by atoms with van der Waals surface area (Å²) in [4.78, 5) is 11.7. The molecule has 0 spiro atoms. The maximum absolute atomic E-state index is 13.6. The van der Waals surface area contributed by atoms with E-state index in [1.807, 2.05) is 0 Å². The molecule has 0 amide bonds. The summed E-state index contributed by atoms with van der Waals surface area (Å²) in [7, 11) is 0. The van der Waals surface area contributed by atoms with Crippen molar-refractivity contribution in [1.29, 1.82) is 0 Å². The number of aromatic nitrogens is 1. The Kier molecular flexibility index (Phi) is 2.95. The lowest BCUT2D eigenvalue weighted by atomic mass is 10.1. The van der Waals surface area contributed by atoms with E-state index in [0.717, 1.165) is 5.69 Å². The van der Waals surface area contributed by atoms with Gasteiger partial charge in [-0.1, -0.05) is 12.1 Å². The monoisotopic (exact) mass is 232 g/mol. The molecular formula is C13H13FN2O. The molecule has 2 rings (SSSR count). The van der Waals surface area contributed by atoms with Gasteiger partial charge in [0.15, 0.2) is 0 Å². The second-order valence-electron chi connectivity index (χ2n) is 3.90. The number of hydrogen-bond acceptors (Lipinski definition) is 2. The van der Waals surface area contributed by atoms with E-state index in [-0.39, 0.29) is 17.9 Å². The van der Waals surface area contributed by atoms with Crippen molar-refractivity contribution in [2.24, 2.45) is 0 Å². The highest BCUT2D eigenvalue weighted by atomic mass is 19.1. The van der Waals surface area contributed by atoms with Crippen molar-refractivity contribution in [1.82, 2.24) is 4.57 Å². The molecule has 0 saturated carbocycles. The number of pyridine rings is 1. The molecule has 17 heavy (non-hydrogen) atoms. The van der Waals surface area contributed by atoms with Crippen LogP contribution < -0.4 is 11.3 Å². The van der Waals surface area contributed by atoms with Crippen LogP contribution in [0.2, 0.25) is 0 Å². The highest BCUT2D eigenvalue weighted by molar-refractivity contribution is 5.47.